The minimum atomic E-state index is -0.289. The molecule has 0 atom stereocenters. The SMILES string of the molecule is CCOc1cc(O)c(C(=O)/C=C/c2ccc(Cl)cc2Cl)cc1CC1CCNCC1. The summed E-state index contributed by atoms with van der Waals surface area (Å²) >= 11 is 12.1. The molecule has 2 aromatic carbocycles. The van der Waals surface area contributed by atoms with Gasteiger partial charge in [0, 0.05) is 16.1 Å². The van der Waals surface area contributed by atoms with Crippen molar-refractivity contribution < 1.29 is 14.6 Å². The first-order valence-electron chi connectivity index (χ1n) is 9.84. The maximum Gasteiger partial charge on any atom is 0.189 e. The number of allylic oxidation sites excluding steroid dienone is 1. The Hall–Kier alpha value is -2.01. The molecule has 0 amide bonds. The lowest BCUT2D eigenvalue weighted by Gasteiger charge is -2.24. The summed E-state index contributed by atoms with van der Waals surface area (Å²) in [6.45, 7) is 4.41. The van der Waals surface area contributed by atoms with Gasteiger partial charge in [-0.1, -0.05) is 29.3 Å². The third-order valence-electron chi connectivity index (χ3n) is 5.09. The lowest BCUT2D eigenvalue weighted by Crippen LogP contribution is -2.28. The Morgan fingerprint density at radius 1 is 1.24 bits per heavy atom. The van der Waals surface area contributed by atoms with Crippen LogP contribution < -0.4 is 10.1 Å². The Morgan fingerprint density at radius 3 is 2.69 bits per heavy atom. The summed E-state index contributed by atoms with van der Waals surface area (Å²) in [5, 5.41) is 14.8. The van der Waals surface area contributed by atoms with E-state index in [1.807, 2.05) is 6.92 Å². The molecule has 0 aromatic heterocycles. The highest BCUT2D eigenvalue weighted by Gasteiger charge is 2.19. The Morgan fingerprint density at radius 2 is 2.00 bits per heavy atom. The molecule has 0 saturated carbocycles. The van der Waals surface area contributed by atoms with Gasteiger partial charge in [0.15, 0.2) is 5.78 Å². The second-order valence-corrected chi connectivity index (χ2v) is 8.01. The minimum absolute atomic E-state index is 0.0839. The van der Waals surface area contributed by atoms with E-state index in [9.17, 15) is 9.90 Å². The number of benzene rings is 2. The van der Waals surface area contributed by atoms with E-state index in [1.165, 1.54) is 6.08 Å². The number of carbonyl (C=O) groups excluding carboxylic acids is 1. The number of phenolic OH excluding ortho intramolecular Hbond substituents is 1. The van der Waals surface area contributed by atoms with Gasteiger partial charge in [-0.15, -0.1) is 0 Å². The van der Waals surface area contributed by atoms with Crippen molar-refractivity contribution in [1.29, 1.82) is 0 Å². The molecule has 1 aliphatic rings. The Kier molecular flexibility index (Phi) is 7.59. The molecule has 3 rings (SSSR count). The Bertz CT molecular complexity index is 905. The lowest BCUT2D eigenvalue weighted by atomic mass is 9.89. The van der Waals surface area contributed by atoms with Crippen LogP contribution in [0.4, 0.5) is 0 Å². The molecule has 1 fully saturated rings. The van der Waals surface area contributed by atoms with Crippen molar-refractivity contribution in [2.24, 2.45) is 5.92 Å². The smallest absolute Gasteiger partial charge is 0.189 e. The molecule has 0 bridgehead atoms. The molecule has 2 N–H and O–H groups in total. The number of carbonyl (C=O) groups is 1. The van der Waals surface area contributed by atoms with Crippen LogP contribution in [0.1, 0.15) is 41.3 Å². The number of piperidine rings is 1. The van der Waals surface area contributed by atoms with Crippen molar-refractivity contribution >= 4 is 35.1 Å². The maximum atomic E-state index is 12.8. The van der Waals surface area contributed by atoms with Gasteiger partial charge in [0.25, 0.3) is 0 Å². The van der Waals surface area contributed by atoms with Crippen LogP contribution in [-0.2, 0) is 6.42 Å². The number of halogens is 2. The van der Waals surface area contributed by atoms with Gasteiger partial charge in [0.1, 0.15) is 11.5 Å². The van der Waals surface area contributed by atoms with E-state index in [0.717, 1.165) is 37.9 Å². The largest absolute Gasteiger partial charge is 0.507 e. The topological polar surface area (TPSA) is 58.6 Å². The minimum Gasteiger partial charge on any atom is -0.507 e. The van der Waals surface area contributed by atoms with Crippen molar-refractivity contribution in [3.8, 4) is 11.5 Å². The summed E-state index contributed by atoms with van der Waals surface area (Å²) in [5.41, 5.74) is 1.90. The summed E-state index contributed by atoms with van der Waals surface area (Å²) in [4.78, 5) is 12.8. The van der Waals surface area contributed by atoms with Crippen LogP contribution in [0.15, 0.2) is 36.4 Å². The number of hydrogen-bond donors (Lipinski definition) is 2. The van der Waals surface area contributed by atoms with Crippen LogP contribution in [0.2, 0.25) is 10.0 Å². The first-order chi connectivity index (χ1) is 14.0. The number of ketones is 1. The molecule has 0 unspecified atom stereocenters. The standard InChI is InChI=1S/C23H25Cl2NO3/c1-2-29-23-14-22(28)19(12-17(23)11-15-7-9-26-10-8-15)21(27)6-4-16-3-5-18(24)13-20(16)25/h3-6,12-15,26,28H,2,7-11H2,1H3/b6-4+. The van der Waals surface area contributed by atoms with E-state index < -0.39 is 0 Å². The molecule has 1 aliphatic heterocycles. The summed E-state index contributed by atoms with van der Waals surface area (Å²) in [6, 6.07) is 8.39. The second-order valence-electron chi connectivity index (χ2n) is 7.17. The molecule has 154 valence electrons. The normalized spacial score (nSPS) is 15.0. The average Bonchev–Trinajstić information content (AvgIpc) is 2.70. The van der Waals surface area contributed by atoms with Crippen molar-refractivity contribution in [3.05, 3.63) is 63.1 Å². The number of aromatic hydroxyl groups is 1. The van der Waals surface area contributed by atoms with E-state index in [4.69, 9.17) is 27.9 Å². The zero-order chi connectivity index (χ0) is 20.8. The molecule has 2 aromatic rings. The van der Waals surface area contributed by atoms with E-state index in [-0.39, 0.29) is 17.1 Å². The van der Waals surface area contributed by atoms with Crippen LogP contribution >= 0.6 is 23.2 Å². The molecule has 1 heterocycles. The molecule has 6 heteroatoms. The van der Waals surface area contributed by atoms with Gasteiger partial charge in [0.05, 0.1) is 12.2 Å². The Balaban J connectivity index is 1.85. The number of phenols is 1. The third kappa shape index (κ3) is 5.75. The van der Waals surface area contributed by atoms with Gasteiger partial charge in [-0.25, -0.2) is 0 Å². The Labute approximate surface area is 181 Å². The summed E-state index contributed by atoms with van der Waals surface area (Å²) in [7, 11) is 0. The highest BCUT2D eigenvalue weighted by atomic mass is 35.5. The van der Waals surface area contributed by atoms with Crippen molar-refractivity contribution in [2.75, 3.05) is 19.7 Å². The first kappa shape index (κ1) is 21.7. The maximum absolute atomic E-state index is 12.8. The summed E-state index contributed by atoms with van der Waals surface area (Å²) in [6.07, 6.45) is 6.04. The monoisotopic (exact) mass is 433 g/mol. The number of nitrogens with one attached hydrogen (secondary N) is 1. The van der Waals surface area contributed by atoms with Crippen molar-refractivity contribution in [2.45, 2.75) is 26.2 Å². The quantitative estimate of drug-likeness (QED) is 0.444. The molecule has 0 aliphatic carbocycles. The fraction of sp³-hybridized carbons (Fsp3) is 0.348. The van der Waals surface area contributed by atoms with E-state index >= 15 is 0 Å². The zero-order valence-corrected chi connectivity index (χ0v) is 17.9. The van der Waals surface area contributed by atoms with Crippen LogP contribution in [0.3, 0.4) is 0 Å². The molecule has 1 saturated heterocycles. The van der Waals surface area contributed by atoms with Crippen LogP contribution in [0.25, 0.3) is 6.08 Å². The second kappa shape index (κ2) is 10.1. The van der Waals surface area contributed by atoms with Gasteiger partial charge in [-0.2, -0.15) is 0 Å². The van der Waals surface area contributed by atoms with Crippen molar-refractivity contribution in [1.82, 2.24) is 5.32 Å². The van der Waals surface area contributed by atoms with Gasteiger partial charge < -0.3 is 15.2 Å². The van der Waals surface area contributed by atoms with Gasteiger partial charge >= 0.3 is 0 Å². The molecular formula is C23H25Cl2NO3. The lowest BCUT2D eigenvalue weighted by molar-refractivity contribution is 0.104. The fourth-order valence-corrected chi connectivity index (χ4v) is 4.02. The van der Waals surface area contributed by atoms with Crippen LogP contribution in [-0.4, -0.2) is 30.6 Å². The fourth-order valence-electron chi connectivity index (χ4n) is 3.55. The predicted molar refractivity (Wildman–Crippen MR) is 118 cm³/mol. The van der Waals surface area contributed by atoms with E-state index in [0.29, 0.717) is 33.9 Å². The van der Waals surface area contributed by atoms with E-state index in [2.05, 4.69) is 5.32 Å². The zero-order valence-electron chi connectivity index (χ0n) is 16.4. The highest BCUT2D eigenvalue weighted by Crippen LogP contribution is 2.32. The third-order valence-corrected chi connectivity index (χ3v) is 5.65. The molecule has 29 heavy (non-hydrogen) atoms. The predicted octanol–water partition coefficient (Wildman–Crippen LogP) is 5.54. The molecule has 0 radical (unpaired) electrons. The van der Waals surface area contributed by atoms with Gasteiger partial charge in [-0.05, 0) is 86.7 Å². The van der Waals surface area contributed by atoms with Crippen molar-refractivity contribution in [3.63, 3.8) is 0 Å². The average molecular weight is 434 g/mol. The van der Waals surface area contributed by atoms with Crippen LogP contribution in [0, 0.1) is 5.92 Å². The first-order valence-corrected chi connectivity index (χ1v) is 10.6. The van der Waals surface area contributed by atoms with E-state index in [1.54, 1.807) is 36.4 Å². The van der Waals surface area contributed by atoms with Gasteiger partial charge in [0.2, 0.25) is 0 Å². The highest BCUT2D eigenvalue weighted by molar-refractivity contribution is 6.35. The molecule has 0 spiro atoms. The number of rotatable bonds is 7. The van der Waals surface area contributed by atoms with Crippen LogP contribution in [0.5, 0.6) is 11.5 Å². The summed E-state index contributed by atoms with van der Waals surface area (Å²) < 4.78 is 5.72. The van der Waals surface area contributed by atoms with Gasteiger partial charge in [-0.3, -0.25) is 4.79 Å². The molecular weight excluding hydrogens is 409 g/mol. The number of ether oxygens (including phenoxy) is 1. The summed E-state index contributed by atoms with van der Waals surface area (Å²) in [5.74, 6) is 0.804. The number of hydrogen-bond acceptors (Lipinski definition) is 4. The molecule has 4 nitrogen and oxygen atoms in total.